The zero-order valence-electron chi connectivity index (χ0n) is 17.8. The minimum absolute atomic E-state index is 0.854. The molecule has 0 N–H and O–H groups in total. The van der Waals surface area contributed by atoms with Crippen molar-refractivity contribution in [1.82, 2.24) is 0 Å². The number of thioether (sulfide) groups is 2. The molecule has 0 aliphatic heterocycles. The largest absolute Gasteiger partial charge is 0.500 e. The van der Waals surface area contributed by atoms with Crippen LogP contribution in [0.25, 0.3) is 0 Å². The first-order chi connectivity index (χ1) is 13.2. The van der Waals surface area contributed by atoms with Gasteiger partial charge < -0.3 is 13.3 Å². The van der Waals surface area contributed by atoms with Crippen molar-refractivity contribution in [2.45, 2.75) is 51.5 Å². The minimum atomic E-state index is -2.38. The average molecular weight is 433 g/mol. The molecule has 1 fully saturated rings. The summed E-state index contributed by atoms with van der Waals surface area (Å²) in [5.41, 5.74) is 0. The van der Waals surface area contributed by atoms with E-state index in [4.69, 9.17) is 13.3 Å². The van der Waals surface area contributed by atoms with Crippen molar-refractivity contribution in [2.75, 3.05) is 44.3 Å². The molecule has 1 saturated carbocycles. The van der Waals surface area contributed by atoms with E-state index in [1.54, 1.807) is 21.3 Å². The number of allylic oxidation sites excluding steroid dienone is 2. The first-order valence-corrected chi connectivity index (χ1v) is 14.9. The van der Waals surface area contributed by atoms with Crippen LogP contribution < -0.4 is 0 Å². The van der Waals surface area contributed by atoms with Crippen LogP contribution in [0.1, 0.15) is 45.4 Å². The number of rotatable bonds is 15. The highest BCUT2D eigenvalue weighted by Gasteiger charge is 2.40. The van der Waals surface area contributed by atoms with Crippen molar-refractivity contribution in [1.29, 1.82) is 0 Å². The van der Waals surface area contributed by atoms with Gasteiger partial charge in [-0.15, -0.1) is 0 Å². The first-order valence-electron chi connectivity index (χ1n) is 10.7. The molecule has 158 valence electrons. The Bertz CT molecular complexity index is 423. The van der Waals surface area contributed by atoms with Crippen LogP contribution in [-0.2, 0) is 13.3 Å². The Morgan fingerprint density at radius 3 is 1.78 bits per heavy atom. The molecular weight excluding hydrogens is 392 g/mol. The Kier molecular flexibility index (Phi) is 11.4. The number of fused-ring (bicyclic) bond motifs is 2. The van der Waals surface area contributed by atoms with Crippen molar-refractivity contribution in [3.63, 3.8) is 0 Å². The molecule has 0 aromatic rings. The van der Waals surface area contributed by atoms with E-state index in [0.29, 0.717) is 0 Å². The summed E-state index contributed by atoms with van der Waals surface area (Å²) in [5.74, 6) is 8.74. The SMILES string of the molecule is CCCSCCC1C2C=CC(CC2)C1CCSCCC[Si](OC)(OC)OC. The first kappa shape index (κ1) is 23.8. The lowest BCUT2D eigenvalue weighted by Crippen LogP contribution is -2.42. The van der Waals surface area contributed by atoms with Gasteiger partial charge in [0.25, 0.3) is 0 Å². The normalized spacial score (nSPS) is 27.4. The third-order valence-electron chi connectivity index (χ3n) is 6.33. The maximum atomic E-state index is 5.52. The highest BCUT2D eigenvalue weighted by Crippen LogP contribution is 2.48. The molecule has 0 radical (unpaired) electrons. The van der Waals surface area contributed by atoms with Gasteiger partial charge in [-0.1, -0.05) is 19.1 Å². The lowest BCUT2D eigenvalue weighted by atomic mass is 9.61. The van der Waals surface area contributed by atoms with Gasteiger partial charge in [0.2, 0.25) is 0 Å². The maximum Gasteiger partial charge on any atom is 0.500 e. The van der Waals surface area contributed by atoms with Gasteiger partial charge in [0.05, 0.1) is 0 Å². The van der Waals surface area contributed by atoms with Crippen molar-refractivity contribution >= 4 is 32.3 Å². The van der Waals surface area contributed by atoms with Gasteiger partial charge in [-0.05, 0) is 85.2 Å². The lowest BCUT2D eigenvalue weighted by Gasteiger charge is -2.45. The molecule has 3 aliphatic rings. The highest BCUT2D eigenvalue weighted by atomic mass is 32.2. The van der Waals surface area contributed by atoms with Crippen molar-refractivity contribution in [2.24, 2.45) is 23.7 Å². The van der Waals surface area contributed by atoms with E-state index in [9.17, 15) is 0 Å². The minimum Gasteiger partial charge on any atom is -0.377 e. The van der Waals surface area contributed by atoms with Crippen LogP contribution in [0.5, 0.6) is 0 Å². The second-order valence-electron chi connectivity index (χ2n) is 7.82. The summed E-state index contributed by atoms with van der Waals surface area (Å²) in [5, 5.41) is 0. The van der Waals surface area contributed by atoms with Gasteiger partial charge in [0, 0.05) is 27.4 Å². The molecule has 0 heterocycles. The average Bonchev–Trinajstić information content (AvgIpc) is 2.72. The topological polar surface area (TPSA) is 27.7 Å². The Hall–Kier alpha value is 0.537. The predicted octanol–water partition coefficient (Wildman–Crippen LogP) is 5.74. The zero-order valence-corrected chi connectivity index (χ0v) is 20.4. The summed E-state index contributed by atoms with van der Waals surface area (Å²) in [6, 6.07) is 0.914. The highest BCUT2D eigenvalue weighted by molar-refractivity contribution is 7.99. The van der Waals surface area contributed by atoms with Gasteiger partial charge in [0.15, 0.2) is 0 Å². The Morgan fingerprint density at radius 2 is 1.33 bits per heavy atom. The quantitative estimate of drug-likeness (QED) is 0.187. The molecule has 0 spiro atoms. The van der Waals surface area contributed by atoms with Gasteiger partial charge in [0.1, 0.15) is 0 Å². The smallest absolute Gasteiger partial charge is 0.377 e. The fraction of sp³-hybridized carbons (Fsp3) is 0.905. The zero-order chi connectivity index (χ0) is 19.5. The Morgan fingerprint density at radius 1 is 0.815 bits per heavy atom. The van der Waals surface area contributed by atoms with Gasteiger partial charge in [-0.2, -0.15) is 23.5 Å². The van der Waals surface area contributed by atoms with Crippen LogP contribution in [0, 0.1) is 23.7 Å². The van der Waals surface area contributed by atoms with Gasteiger partial charge in [-0.25, -0.2) is 0 Å². The van der Waals surface area contributed by atoms with E-state index >= 15 is 0 Å². The van der Waals surface area contributed by atoms with E-state index in [2.05, 4.69) is 42.6 Å². The van der Waals surface area contributed by atoms with Crippen LogP contribution >= 0.6 is 23.5 Å². The molecule has 3 aliphatic carbocycles. The fourth-order valence-electron chi connectivity index (χ4n) is 4.80. The van der Waals surface area contributed by atoms with Crippen molar-refractivity contribution < 1.29 is 13.3 Å². The third-order valence-corrected chi connectivity index (χ3v) is 11.5. The standard InChI is InChI=1S/C21H40O3S2Si/c1-5-13-25-15-11-20-18-7-9-19(10-8-18)21(20)12-16-26-14-6-17-27(22-2,23-3)24-4/h7,9,18-21H,5-6,8,10-17H2,1-4H3. The predicted molar refractivity (Wildman–Crippen MR) is 123 cm³/mol. The molecule has 2 bridgehead atoms. The summed E-state index contributed by atoms with van der Waals surface area (Å²) >= 11 is 4.27. The van der Waals surface area contributed by atoms with E-state index in [-0.39, 0.29) is 0 Å². The molecule has 6 heteroatoms. The summed E-state index contributed by atoms with van der Waals surface area (Å²) in [6.07, 6.45) is 13.2. The number of hydrogen-bond donors (Lipinski definition) is 0. The molecule has 0 saturated heterocycles. The van der Waals surface area contributed by atoms with E-state index in [0.717, 1.165) is 36.1 Å². The molecule has 4 unspecified atom stereocenters. The molecule has 3 rings (SSSR count). The Balaban J connectivity index is 1.69. The maximum absolute atomic E-state index is 5.52. The van der Waals surface area contributed by atoms with E-state index in [1.807, 2.05) is 0 Å². The summed E-state index contributed by atoms with van der Waals surface area (Å²) in [7, 11) is 2.74. The molecular formula is C21H40O3S2Si. The second-order valence-corrected chi connectivity index (χ2v) is 13.4. The lowest BCUT2D eigenvalue weighted by molar-refractivity contribution is 0.116. The molecule has 0 amide bonds. The fourth-order valence-corrected chi connectivity index (χ4v) is 8.70. The molecule has 4 atom stereocenters. The van der Waals surface area contributed by atoms with Gasteiger partial charge >= 0.3 is 8.80 Å². The van der Waals surface area contributed by atoms with Gasteiger partial charge in [-0.3, -0.25) is 0 Å². The van der Waals surface area contributed by atoms with Crippen LogP contribution in [0.15, 0.2) is 12.2 Å². The summed E-state index contributed by atoms with van der Waals surface area (Å²) in [6.45, 7) is 2.29. The monoisotopic (exact) mass is 432 g/mol. The molecule has 27 heavy (non-hydrogen) atoms. The molecule has 0 aromatic heterocycles. The van der Waals surface area contributed by atoms with Crippen LogP contribution in [0.3, 0.4) is 0 Å². The summed E-state index contributed by atoms with van der Waals surface area (Å²) < 4.78 is 16.5. The van der Waals surface area contributed by atoms with Crippen molar-refractivity contribution in [3.05, 3.63) is 12.2 Å². The van der Waals surface area contributed by atoms with E-state index in [1.165, 1.54) is 55.1 Å². The third kappa shape index (κ3) is 7.07. The van der Waals surface area contributed by atoms with Crippen LogP contribution in [0.4, 0.5) is 0 Å². The summed E-state index contributed by atoms with van der Waals surface area (Å²) in [4.78, 5) is 0. The van der Waals surface area contributed by atoms with Crippen LogP contribution in [0.2, 0.25) is 6.04 Å². The van der Waals surface area contributed by atoms with Crippen molar-refractivity contribution in [3.8, 4) is 0 Å². The van der Waals surface area contributed by atoms with E-state index < -0.39 is 8.80 Å². The molecule has 0 aromatic carbocycles. The Labute approximate surface area is 177 Å². The number of hydrogen-bond acceptors (Lipinski definition) is 5. The van der Waals surface area contributed by atoms with Crippen LogP contribution in [-0.4, -0.2) is 53.1 Å². The molecule has 3 nitrogen and oxygen atoms in total. The second kappa shape index (κ2) is 13.0.